The predicted molar refractivity (Wildman–Crippen MR) is 95.0 cm³/mol. The number of hydrogen-bond acceptors (Lipinski definition) is 4. The van der Waals surface area contributed by atoms with Crippen LogP contribution in [0, 0.1) is 0 Å². The van der Waals surface area contributed by atoms with Crippen molar-refractivity contribution in [1.29, 1.82) is 0 Å². The summed E-state index contributed by atoms with van der Waals surface area (Å²) in [6, 6.07) is 2.87. The average Bonchev–Trinajstić information content (AvgIpc) is 3.32. The summed E-state index contributed by atoms with van der Waals surface area (Å²) in [5.74, 6) is 0. The van der Waals surface area contributed by atoms with Crippen LogP contribution in [0.1, 0.15) is 32.1 Å². The van der Waals surface area contributed by atoms with Gasteiger partial charge in [0.2, 0.25) is 0 Å². The van der Waals surface area contributed by atoms with Gasteiger partial charge in [-0.25, -0.2) is 9.97 Å². The van der Waals surface area contributed by atoms with Crippen LogP contribution < -0.4 is 0 Å². The molecule has 2 fully saturated rings. The molecule has 5 rings (SSSR count). The van der Waals surface area contributed by atoms with Crippen LogP contribution in [0.25, 0.3) is 22.1 Å². The Morgan fingerprint density at radius 1 is 1.04 bits per heavy atom. The molecule has 1 saturated carbocycles. The molecule has 6 nitrogen and oxygen atoms in total. The van der Waals surface area contributed by atoms with E-state index < -0.39 is 0 Å². The monoisotopic (exact) mass is 327 g/mol. The molecule has 1 aliphatic heterocycles. The zero-order chi connectivity index (χ0) is 16.2. The second-order valence-electron chi connectivity index (χ2n) is 6.60. The first kappa shape index (κ1) is 15.6. The molecule has 128 valence electrons. The molecule has 0 radical (unpaired) electrons. The number of aromatic nitrogens is 4. The van der Waals surface area contributed by atoms with Crippen molar-refractivity contribution in [2.24, 2.45) is 0 Å². The highest BCUT2D eigenvalue weighted by atomic mass is 16.5. The molecular formula is C18H25N5O. The van der Waals surface area contributed by atoms with Crippen molar-refractivity contribution in [3.63, 3.8) is 0 Å². The summed E-state index contributed by atoms with van der Waals surface area (Å²) < 4.78 is 5.35. The number of ether oxygens (including phenoxy) is 1. The third-order valence-corrected chi connectivity index (χ3v) is 5.11. The number of imidazole rings is 1. The van der Waals surface area contributed by atoms with Gasteiger partial charge < -0.3 is 14.7 Å². The zero-order valence-electron chi connectivity index (χ0n) is 14.0. The number of hydrogen-bond donors (Lipinski definition) is 2. The van der Waals surface area contributed by atoms with E-state index in [0.717, 1.165) is 41.3 Å². The van der Waals surface area contributed by atoms with Gasteiger partial charge in [0.15, 0.2) is 0 Å². The number of pyridine rings is 1. The molecule has 0 atom stereocenters. The standard InChI is InChI=1S/C10H19NO.C8H6N4/c1-2-4-10(5-3-1)11-6-8-12-9-7-11;1-2-9-8-5(1)7-6(3-10-8)11-4-12-7/h10H,1-9H2;1-4H,(H,9,10)(H,11,12). The summed E-state index contributed by atoms with van der Waals surface area (Å²) in [6.45, 7) is 4.25. The minimum Gasteiger partial charge on any atom is -0.379 e. The molecule has 6 heteroatoms. The maximum atomic E-state index is 5.35. The van der Waals surface area contributed by atoms with Gasteiger partial charge in [0.05, 0.1) is 31.3 Å². The summed E-state index contributed by atoms with van der Waals surface area (Å²) in [5.41, 5.74) is 2.83. The highest BCUT2D eigenvalue weighted by Gasteiger charge is 2.22. The molecule has 1 aliphatic carbocycles. The van der Waals surface area contributed by atoms with E-state index in [0.29, 0.717) is 0 Å². The number of nitrogens with one attached hydrogen (secondary N) is 2. The number of morpholine rings is 1. The Balaban J connectivity index is 0.000000121. The van der Waals surface area contributed by atoms with E-state index in [-0.39, 0.29) is 0 Å². The molecular weight excluding hydrogens is 302 g/mol. The average molecular weight is 327 g/mol. The van der Waals surface area contributed by atoms with Crippen LogP contribution in [-0.2, 0) is 4.74 Å². The molecule has 1 saturated heterocycles. The van der Waals surface area contributed by atoms with Crippen LogP contribution in [0.5, 0.6) is 0 Å². The van der Waals surface area contributed by atoms with E-state index >= 15 is 0 Å². The minimum absolute atomic E-state index is 0.884. The van der Waals surface area contributed by atoms with E-state index in [1.165, 1.54) is 45.2 Å². The second kappa shape index (κ2) is 7.32. The van der Waals surface area contributed by atoms with E-state index in [9.17, 15) is 0 Å². The molecule has 3 aromatic rings. The highest BCUT2D eigenvalue weighted by Crippen LogP contribution is 2.23. The fourth-order valence-corrected chi connectivity index (χ4v) is 3.79. The fourth-order valence-electron chi connectivity index (χ4n) is 3.79. The lowest BCUT2D eigenvalue weighted by Gasteiger charge is -2.36. The Hall–Kier alpha value is -1.92. The van der Waals surface area contributed by atoms with Crippen molar-refractivity contribution in [3.8, 4) is 0 Å². The lowest BCUT2D eigenvalue weighted by Crippen LogP contribution is -2.44. The van der Waals surface area contributed by atoms with Crippen molar-refractivity contribution in [2.45, 2.75) is 38.1 Å². The molecule has 0 amide bonds. The first-order valence-corrected chi connectivity index (χ1v) is 8.99. The van der Waals surface area contributed by atoms with E-state index in [1.54, 1.807) is 12.5 Å². The van der Waals surface area contributed by atoms with Gasteiger partial charge in [0.25, 0.3) is 0 Å². The lowest BCUT2D eigenvalue weighted by molar-refractivity contribution is 0.00858. The Morgan fingerprint density at radius 2 is 1.88 bits per heavy atom. The second-order valence-corrected chi connectivity index (χ2v) is 6.60. The van der Waals surface area contributed by atoms with Gasteiger partial charge in [-0.3, -0.25) is 4.90 Å². The quantitative estimate of drug-likeness (QED) is 0.720. The topological polar surface area (TPSA) is 69.8 Å². The minimum atomic E-state index is 0.884. The molecule has 2 N–H and O–H groups in total. The van der Waals surface area contributed by atoms with Crippen molar-refractivity contribution >= 4 is 22.1 Å². The Labute approximate surface area is 141 Å². The largest absolute Gasteiger partial charge is 0.379 e. The molecule has 0 spiro atoms. The first-order chi connectivity index (χ1) is 11.9. The third kappa shape index (κ3) is 3.30. The number of nitrogens with zero attached hydrogens (tertiary/aromatic N) is 3. The summed E-state index contributed by atoms with van der Waals surface area (Å²) in [5, 5.41) is 1.06. The van der Waals surface area contributed by atoms with Gasteiger partial charge in [-0.1, -0.05) is 19.3 Å². The van der Waals surface area contributed by atoms with Gasteiger partial charge in [-0.05, 0) is 18.9 Å². The number of aromatic amines is 2. The van der Waals surface area contributed by atoms with Gasteiger partial charge in [0.1, 0.15) is 11.2 Å². The Bertz CT molecular complexity index is 702. The number of H-pyrrole nitrogens is 2. The predicted octanol–water partition coefficient (Wildman–Crippen LogP) is 3.09. The van der Waals surface area contributed by atoms with Gasteiger partial charge in [0, 0.05) is 30.7 Å². The van der Waals surface area contributed by atoms with E-state index in [1.807, 2.05) is 12.3 Å². The molecule has 0 bridgehead atoms. The maximum Gasteiger partial charge on any atom is 0.139 e. The van der Waals surface area contributed by atoms with Crippen LogP contribution in [0.4, 0.5) is 0 Å². The molecule has 4 heterocycles. The van der Waals surface area contributed by atoms with Crippen LogP contribution in [0.2, 0.25) is 0 Å². The van der Waals surface area contributed by atoms with Gasteiger partial charge in [-0.15, -0.1) is 0 Å². The Morgan fingerprint density at radius 3 is 2.71 bits per heavy atom. The fraction of sp³-hybridized carbons (Fsp3) is 0.556. The Kier molecular flexibility index (Phi) is 4.76. The maximum absolute atomic E-state index is 5.35. The van der Waals surface area contributed by atoms with Crippen molar-refractivity contribution in [2.75, 3.05) is 26.3 Å². The smallest absolute Gasteiger partial charge is 0.139 e. The summed E-state index contributed by atoms with van der Waals surface area (Å²) in [7, 11) is 0. The molecule has 24 heavy (non-hydrogen) atoms. The van der Waals surface area contributed by atoms with E-state index in [4.69, 9.17) is 4.74 Å². The van der Waals surface area contributed by atoms with Gasteiger partial charge in [-0.2, -0.15) is 0 Å². The van der Waals surface area contributed by atoms with Crippen molar-refractivity contribution < 1.29 is 4.74 Å². The number of rotatable bonds is 1. The first-order valence-electron chi connectivity index (χ1n) is 8.99. The lowest BCUT2D eigenvalue weighted by atomic mass is 9.94. The summed E-state index contributed by atoms with van der Waals surface area (Å²) >= 11 is 0. The highest BCUT2D eigenvalue weighted by molar-refractivity contribution is 6.00. The van der Waals surface area contributed by atoms with Crippen LogP contribution in [0.3, 0.4) is 0 Å². The molecule has 2 aliphatic rings. The molecule has 0 aromatic carbocycles. The third-order valence-electron chi connectivity index (χ3n) is 5.11. The van der Waals surface area contributed by atoms with Crippen molar-refractivity contribution in [3.05, 3.63) is 24.8 Å². The summed E-state index contributed by atoms with van der Waals surface area (Å²) in [4.78, 5) is 17.1. The van der Waals surface area contributed by atoms with Crippen LogP contribution >= 0.6 is 0 Å². The number of fused-ring (bicyclic) bond motifs is 3. The van der Waals surface area contributed by atoms with Gasteiger partial charge >= 0.3 is 0 Å². The van der Waals surface area contributed by atoms with E-state index in [2.05, 4.69) is 24.8 Å². The van der Waals surface area contributed by atoms with Crippen LogP contribution in [-0.4, -0.2) is 57.2 Å². The SMILES string of the molecule is C1CCC(N2CCOCC2)CC1.c1nc2c(cnc3[nH]ccc32)[nH]1. The molecule has 0 unspecified atom stereocenters. The zero-order valence-corrected chi connectivity index (χ0v) is 14.0. The molecule has 3 aromatic heterocycles. The normalized spacial score (nSPS) is 20.2. The van der Waals surface area contributed by atoms with Crippen molar-refractivity contribution in [1.82, 2.24) is 24.8 Å². The summed E-state index contributed by atoms with van der Waals surface area (Å²) in [6.07, 6.45) is 12.5. The van der Waals surface area contributed by atoms with Crippen LogP contribution in [0.15, 0.2) is 24.8 Å².